The summed E-state index contributed by atoms with van der Waals surface area (Å²) in [5.74, 6) is 6.70. The second-order valence-electron chi connectivity index (χ2n) is 7.52. The molecule has 0 aromatic carbocycles. The highest BCUT2D eigenvalue weighted by atomic mass is 16.5. The number of nitrogens with zero attached hydrogens (tertiary/aromatic N) is 1. The van der Waals surface area contributed by atoms with Crippen LogP contribution in [-0.4, -0.2) is 29.8 Å². The second-order valence-corrected chi connectivity index (χ2v) is 7.52. The van der Waals surface area contributed by atoms with Crippen LogP contribution in [-0.2, 0) is 4.74 Å². The lowest BCUT2D eigenvalue weighted by atomic mass is 9.96. The SMILES string of the molecule is CC(CC#CC[NH+]1CCCCC1c1cccnc1)OC(C)(C)C. The molecular formula is C20H31N2O+. The number of hydrogen-bond acceptors (Lipinski definition) is 2. The van der Waals surface area contributed by atoms with Gasteiger partial charge in [-0.2, -0.15) is 0 Å². The Morgan fingerprint density at radius 1 is 1.35 bits per heavy atom. The van der Waals surface area contributed by atoms with Crippen LogP contribution < -0.4 is 4.90 Å². The maximum atomic E-state index is 5.90. The molecule has 3 atom stereocenters. The number of rotatable bonds is 4. The highest BCUT2D eigenvalue weighted by Gasteiger charge is 2.26. The number of ether oxygens (including phenoxy) is 1. The van der Waals surface area contributed by atoms with Crippen molar-refractivity contribution in [2.45, 2.75) is 71.1 Å². The van der Waals surface area contributed by atoms with E-state index >= 15 is 0 Å². The molecule has 3 unspecified atom stereocenters. The van der Waals surface area contributed by atoms with Crippen LogP contribution in [0, 0.1) is 11.8 Å². The average molecular weight is 315 g/mol. The zero-order chi connectivity index (χ0) is 16.7. The highest BCUT2D eigenvalue weighted by Crippen LogP contribution is 2.18. The Morgan fingerprint density at radius 3 is 2.87 bits per heavy atom. The van der Waals surface area contributed by atoms with Crippen molar-refractivity contribution >= 4 is 0 Å². The van der Waals surface area contributed by atoms with Gasteiger partial charge in [-0.25, -0.2) is 0 Å². The van der Waals surface area contributed by atoms with Gasteiger partial charge in [-0.15, -0.1) is 0 Å². The monoisotopic (exact) mass is 315 g/mol. The van der Waals surface area contributed by atoms with E-state index in [-0.39, 0.29) is 11.7 Å². The number of hydrogen-bond donors (Lipinski definition) is 1. The van der Waals surface area contributed by atoms with Crippen LogP contribution in [0.3, 0.4) is 0 Å². The molecule has 126 valence electrons. The number of likely N-dealkylation sites (tertiary alicyclic amines) is 1. The summed E-state index contributed by atoms with van der Waals surface area (Å²) in [5, 5.41) is 0. The van der Waals surface area contributed by atoms with Gasteiger partial charge in [0.05, 0.1) is 18.2 Å². The minimum atomic E-state index is -0.0926. The van der Waals surface area contributed by atoms with E-state index in [0.29, 0.717) is 6.04 Å². The van der Waals surface area contributed by atoms with Crippen molar-refractivity contribution in [1.82, 2.24) is 4.98 Å². The smallest absolute Gasteiger partial charge is 0.139 e. The zero-order valence-electron chi connectivity index (χ0n) is 15.1. The fourth-order valence-corrected chi connectivity index (χ4v) is 3.31. The normalized spacial score (nSPS) is 23.0. The maximum Gasteiger partial charge on any atom is 0.139 e. The van der Waals surface area contributed by atoms with Gasteiger partial charge in [-0.05, 0) is 52.5 Å². The van der Waals surface area contributed by atoms with E-state index in [1.165, 1.54) is 31.4 Å². The van der Waals surface area contributed by atoms with Crippen LogP contribution in [0.4, 0.5) is 0 Å². The molecule has 1 aliphatic rings. The van der Waals surface area contributed by atoms with E-state index in [1.807, 2.05) is 18.5 Å². The van der Waals surface area contributed by atoms with Gasteiger partial charge in [-0.3, -0.25) is 4.98 Å². The molecule has 23 heavy (non-hydrogen) atoms. The number of aromatic nitrogens is 1. The molecule has 3 nitrogen and oxygen atoms in total. The van der Waals surface area contributed by atoms with Crippen molar-refractivity contribution < 1.29 is 9.64 Å². The Labute approximate surface area is 141 Å². The summed E-state index contributed by atoms with van der Waals surface area (Å²) in [6.07, 6.45) is 8.72. The van der Waals surface area contributed by atoms with Crippen LogP contribution in [0.25, 0.3) is 0 Å². The third kappa shape index (κ3) is 6.33. The molecule has 2 rings (SSSR count). The first kappa shape index (κ1) is 18.0. The lowest BCUT2D eigenvalue weighted by molar-refractivity contribution is -0.930. The number of nitrogens with one attached hydrogen (secondary N) is 1. The summed E-state index contributed by atoms with van der Waals surface area (Å²) in [7, 11) is 0. The fraction of sp³-hybridized carbons (Fsp3) is 0.650. The first-order chi connectivity index (χ1) is 11.0. The highest BCUT2D eigenvalue weighted by molar-refractivity contribution is 5.12. The quantitative estimate of drug-likeness (QED) is 0.865. The Balaban J connectivity index is 1.87. The van der Waals surface area contributed by atoms with Crippen LogP contribution >= 0.6 is 0 Å². The third-order valence-corrected chi connectivity index (χ3v) is 4.20. The fourth-order valence-electron chi connectivity index (χ4n) is 3.31. The molecule has 1 aliphatic heterocycles. The first-order valence-electron chi connectivity index (χ1n) is 8.84. The Bertz CT molecular complexity index is 524. The van der Waals surface area contributed by atoms with Crippen LogP contribution in [0.5, 0.6) is 0 Å². The molecule has 1 aromatic rings. The Morgan fingerprint density at radius 2 is 2.17 bits per heavy atom. The minimum Gasteiger partial charge on any atom is -0.372 e. The Hall–Kier alpha value is -1.37. The molecule has 0 amide bonds. The van der Waals surface area contributed by atoms with Gasteiger partial charge in [0, 0.05) is 30.8 Å². The summed E-state index contributed by atoms with van der Waals surface area (Å²) in [6.45, 7) is 10.5. The largest absolute Gasteiger partial charge is 0.372 e. The lowest BCUT2D eigenvalue weighted by Gasteiger charge is -2.31. The van der Waals surface area contributed by atoms with Crippen molar-refractivity contribution in [3.8, 4) is 11.8 Å². The summed E-state index contributed by atoms with van der Waals surface area (Å²) < 4.78 is 5.90. The van der Waals surface area contributed by atoms with E-state index in [9.17, 15) is 0 Å². The second kappa shape index (κ2) is 8.47. The molecular weight excluding hydrogens is 284 g/mol. The molecule has 3 heteroatoms. The summed E-state index contributed by atoms with van der Waals surface area (Å²) >= 11 is 0. The predicted molar refractivity (Wildman–Crippen MR) is 94.2 cm³/mol. The van der Waals surface area contributed by atoms with Gasteiger partial charge in [0.25, 0.3) is 0 Å². The summed E-state index contributed by atoms with van der Waals surface area (Å²) in [4.78, 5) is 5.87. The van der Waals surface area contributed by atoms with Crippen molar-refractivity contribution in [2.24, 2.45) is 0 Å². The summed E-state index contributed by atoms with van der Waals surface area (Å²) in [6, 6.07) is 4.80. The topological polar surface area (TPSA) is 26.6 Å². The summed E-state index contributed by atoms with van der Waals surface area (Å²) in [5.41, 5.74) is 1.26. The van der Waals surface area contributed by atoms with Gasteiger partial charge < -0.3 is 9.64 Å². The van der Waals surface area contributed by atoms with Gasteiger partial charge >= 0.3 is 0 Å². The number of quaternary nitrogens is 1. The van der Waals surface area contributed by atoms with E-state index in [4.69, 9.17) is 4.74 Å². The molecule has 0 spiro atoms. The van der Waals surface area contributed by atoms with Crippen molar-refractivity contribution in [2.75, 3.05) is 13.1 Å². The maximum absolute atomic E-state index is 5.90. The molecule has 0 bridgehead atoms. The number of pyridine rings is 1. The molecule has 0 radical (unpaired) electrons. The lowest BCUT2D eigenvalue weighted by Crippen LogP contribution is -3.13. The molecule has 1 saturated heterocycles. The molecule has 1 aromatic heterocycles. The molecule has 2 heterocycles. The van der Waals surface area contributed by atoms with Gasteiger partial charge in [0.1, 0.15) is 12.6 Å². The average Bonchev–Trinajstić information content (AvgIpc) is 2.51. The molecule has 0 aliphatic carbocycles. The van der Waals surface area contributed by atoms with Gasteiger partial charge in [-0.1, -0.05) is 12.0 Å². The van der Waals surface area contributed by atoms with Crippen LogP contribution in [0.15, 0.2) is 24.5 Å². The molecule has 1 N–H and O–H groups in total. The molecule has 0 saturated carbocycles. The van der Waals surface area contributed by atoms with E-state index in [2.05, 4.69) is 50.6 Å². The third-order valence-electron chi connectivity index (χ3n) is 4.20. The zero-order valence-corrected chi connectivity index (χ0v) is 15.1. The minimum absolute atomic E-state index is 0.0926. The Kier molecular flexibility index (Phi) is 6.62. The van der Waals surface area contributed by atoms with E-state index in [1.54, 1.807) is 4.90 Å². The van der Waals surface area contributed by atoms with Gasteiger partial charge in [0.15, 0.2) is 0 Å². The predicted octanol–water partition coefficient (Wildman–Crippen LogP) is 2.79. The molecule has 1 fully saturated rings. The van der Waals surface area contributed by atoms with Crippen LogP contribution in [0.1, 0.15) is 65.0 Å². The van der Waals surface area contributed by atoms with E-state index in [0.717, 1.165) is 13.0 Å². The first-order valence-corrected chi connectivity index (χ1v) is 8.84. The van der Waals surface area contributed by atoms with Crippen LogP contribution in [0.2, 0.25) is 0 Å². The van der Waals surface area contributed by atoms with Crippen molar-refractivity contribution in [3.63, 3.8) is 0 Å². The van der Waals surface area contributed by atoms with Crippen molar-refractivity contribution in [1.29, 1.82) is 0 Å². The van der Waals surface area contributed by atoms with E-state index < -0.39 is 0 Å². The van der Waals surface area contributed by atoms with Gasteiger partial charge in [0.2, 0.25) is 0 Å². The van der Waals surface area contributed by atoms with Crippen molar-refractivity contribution in [3.05, 3.63) is 30.1 Å². The number of piperidine rings is 1. The standard InChI is InChI=1S/C20H30N2O/c1-17(23-20(2,3)4)10-5-7-14-22-15-8-6-12-19(22)18-11-9-13-21-16-18/h9,11,13,16-17,19H,6,8,10,12,14-15H2,1-4H3/p+1.